The van der Waals surface area contributed by atoms with Crippen molar-refractivity contribution in [2.24, 2.45) is 0 Å². The van der Waals surface area contributed by atoms with E-state index in [2.05, 4.69) is 15.5 Å². The predicted molar refractivity (Wildman–Crippen MR) is 115 cm³/mol. The number of thioether (sulfide) groups is 1. The maximum absolute atomic E-state index is 12.5. The average molecular weight is 475 g/mol. The number of carbonyl (C=O) groups is 3. The summed E-state index contributed by atoms with van der Waals surface area (Å²) in [5.74, 6) is -1.38. The number of benzene rings is 2. The van der Waals surface area contributed by atoms with Gasteiger partial charge in [0.25, 0.3) is 15.9 Å². The first kappa shape index (κ1) is 21.2. The van der Waals surface area contributed by atoms with Crippen LogP contribution in [-0.2, 0) is 14.8 Å². The van der Waals surface area contributed by atoms with Gasteiger partial charge in [-0.05, 0) is 12.1 Å². The molecule has 9 nitrogen and oxygen atoms in total. The van der Waals surface area contributed by atoms with E-state index in [4.69, 9.17) is 0 Å². The normalized spacial score (nSPS) is 14.3. The van der Waals surface area contributed by atoms with Gasteiger partial charge in [-0.2, -0.15) is 0 Å². The largest absolute Gasteiger partial charge is 0.299 e. The summed E-state index contributed by atoms with van der Waals surface area (Å²) >= 11 is 2.23. The highest BCUT2D eigenvalue weighted by molar-refractivity contribution is 8.01. The van der Waals surface area contributed by atoms with Gasteiger partial charge in [0.05, 0.1) is 11.3 Å². The summed E-state index contributed by atoms with van der Waals surface area (Å²) in [6, 6.07) is 14.6. The van der Waals surface area contributed by atoms with Crippen molar-refractivity contribution in [2.75, 3.05) is 17.6 Å². The molecule has 0 atom stereocenters. The molecule has 0 saturated carbocycles. The molecule has 1 aliphatic rings. The minimum atomic E-state index is -4.07. The van der Waals surface area contributed by atoms with Crippen molar-refractivity contribution in [3.8, 4) is 0 Å². The lowest BCUT2D eigenvalue weighted by Crippen LogP contribution is -2.37. The third kappa shape index (κ3) is 4.36. The number of rotatable bonds is 7. The Morgan fingerprint density at radius 2 is 1.74 bits per heavy atom. The first-order valence-electron chi connectivity index (χ1n) is 8.87. The molecule has 0 spiro atoms. The molecule has 1 aliphatic heterocycles. The van der Waals surface area contributed by atoms with Gasteiger partial charge in [0.15, 0.2) is 10.1 Å². The van der Waals surface area contributed by atoms with Crippen molar-refractivity contribution in [2.45, 2.75) is 9.24 Å². The molecule has 158 valence electrons. The lowest BCUT2D eigenvalue weighted by molar-refractivity contribution is -0.116. The Morgan fingerprint density at radius 1 is 1.03 bits per heavy atom. The van der Waals surface area contributed by atoms with Crippen LogP contribution in [0, 0.1) is 0 Å². The molecule has 2 heterocycles. The Hall–Kier alpha value is -3.09. The standard InChI is InChI=1S/C19H14N4O5S3/c24-14(12-6-2-1-3-7-12)11-29-19-22-21-18(30-19)20-16(25)10-23-17(26)13-8-4-5-9-15(13)31(23,27)28/h1-9H,10-11H2,(H,20,21,25). The van der Waals surface area contributed by atoms with E-state index in [1.165, 1.54) is 30.0 Å². The fourth-order valence-electron chi connectivity index (χ4n) is 2.83. The van der Waals surface area contributed by atoms with Gasteiger partial charge in [-0.15, -0.1) is 10.2 Å². The molecule has 0 fully saturated rings. The highest BCUT2D eigenvalue weighted by atomic mass is 32.2. The molecule has 2 amide bonds. The molecule has 0 aliphatic carbocycles. The fourth-order valence-corrected chi connectivity index (χ4v) is 6.02. The number of anilines is 1. The van der Waals surface area contributed by atoms with Crippen LogP contribution >= 0.6 is 23.1 Å². The van der Waals surface area contributed by atoms with Gasteiger partial charge < -0.3 is 0 Å². The Balaban J connectivity index is 1.36. The van der Waals surface area contributed by atoms with Crippen LogP contribution in [0.5, 0.6) is 0 Å². The second-order valence-electron chi connectivity index (χ2n) is 6.31. The molecule has 31 heavy (non-hydrogen) atoms. The fraction of sp³-hybridized carbons (Fsp3) is 0.105. The molecule has 0 saturated heterocycles. The van der Waals surface area contributed by atoms with Crippen LogP contribution in [0.1, 0.15) is 20.7 Å². The minimum absolute atomic E-state index is 0.0352. The van der Waals surface area contributed by atoms with Crippen molar-refractivity contribution in [1.29, 1.82) is 0 Å². The lowest BCUT2D eigenvalue weighted by Gasteiger charge is -2.13. The zero-order chi connectivity index (χ0) is 22.0. The highest BCUT2D eigenvalue weighted by Crippen LogP contribution is 2.30. The maximum atomic E-state index is 12.5. The molecule has 3 aromatic rings. The summed E-state index contributed by atoms with van der Waals surface area (Å²) in [7, 11) is -4.07. The van der Waals surface area contributed by atoms with Crippen molar-refractivity contribution in [3.63, 3.8) is 0 Å². The molecule has 0 bridgehead atoms. The van der Waals surface area contributed by atoms with Crippen LogP contribution in [0.15, 0.2) is 63.8 Å². The number of nitrogens with one attached hydrogen (secondary N) is 1. The van der Waals surface area contributed by atoms with Gasteiger partial charge in [-0.25, -0.2) is 12.7 Å². The van der Waals surface area contributed by atoms with E-state index in [-0.39, 0.29) is 27.1 Å². The summed E-state index contributed by atoms with van der Waals surface area (Å²) < 4.78 is 26.0. The molecule has 1 N–H and O–H groups in total. The number of sulfonamides is 1. The number of ketones is 1. The Kier molecular flexibility index (Phi) is 5.85. The molecule has 0 unspecified atom stereocenters. The third-order valence-electron chi connectivity index (χ3n) is 4.27. The van der Waals surface area contributed by atoms with Crippen LogP contribution < -0.4 is 5.32 Å². The Bertz CT molecular complexity index is 1270. The lowest BCUT2D eigenvalue weighted by atomic mass is 10.2. The summed E-state index contributed by atoms with van der Waals surface area (Å²) in [5, 5.41) is 10.3. The summed E-state index contributed by atoms with van der Waals surface area (Å²) in [6.07, 6.45) is 0. The molecule has 2 aromatic carbocycles. The number of Topliss-reactive ketones (excluding diaryl/α,β-unsaturated/α-hetero) is 1. The average Bonchev–Trinajstić information content (AvgIpc) is 3.29. The second kappa shape index (κ2) is 8.57. The predicted octanol–water partition coefficient (Wildman–Crippen LogP) is 2.30. The zero-order valence-electron chi connectivity index (χ0n) is 15.7. The second-order valence-corrected chi connectivity index (χ2v) is 10.3. The number of carbonyl (C=O) groups excluding carboxylic acids is 3. The van der Waals surface area contributed by atoms with E-state index in [1.54, 1.807) is 30.3 Å². The summed E-state index contributed by atoms with van der Waals surface area (Å²) in [5.41, 5.74) is 0.624. The van der Waals surface area contributed by atoms with E-state index in [1.807, 2.05) is 6.07 Å². The molecular formula is C19H14N4O5S3. The van der Waals surface area contributed by atoms with Gasteiger partial charge in [0, 0.05) is 5.56 Å². The van der Waals surface area contributed by atoms with Crippen LogP contribution in [-0.4, -0.2) is 52.8 Å². The molecule has 12 heteroatoms. The highest BCUT2D eigenvalue weighted by Gasteiger charge is 2.41. The zero-order valence-corrected chi connectivity index (χ0v) is 18.2. The monoisotopic (exact) mass is 474 g/mol. The summed E-state index contributed by atoms with van der Waals surface area (Å²) in [6.45, 7) is -0.676. The van der Waals surface area contributed by atoms with Gasteiger partial charge in [-0.3, -0.25) is 19.7 Å². The van der Waals surface area contributed by atoms with Crippen LogP contribution in [0.4, 0.5) is 5.13 Å². The minimum Gasteiger partial charge on any atom is -0.299 e. The van der Waals surface area contributed by atoms with E-state index in [9.17, 15) is 22.8 Å². The number of fused-ring (bicyclic) bond motifs is 1. The molecule has 4 rings (SSSR count). The van der Waals surface area contributed by atoms with E-state index >= 15 is 0 Å². The smallest absolute Gasteiger partial charge is 0.269 e. The first-order chi connectivity index (χ1) is 14.9. The number of aromatic nitrogens is 2. The van der Waals surface area contributed by atoms with Crippen LogP contribution in [0.2, 0.25) is 0 Å². The van der Waals surface area contributed by atoms with E-state index in [0.29, 0.717) is 14.2 Å². The SMILES string of the molecule is O=C(CN1C(=O)c2ccccc2S1(=O)=O)Nc1nnc(SCC(=O)c2ccccc2)s1. The molecule has 0 radical (unpaired) electrons. The van der Waals surface area contributed by atoms with Gasteiger partial charge >= 0.3 is 0 Å². The van der Waals surface area contributed by atoms with Crippen LogP contribution in [0.25, 0.3) is 0 Å². The van der Waals surface area contributed by atoms with Gasteiger partial charge in [-0.1, -0.05) is 65.6 Å². The van der Waals surface area contributed by atoms with Gasteiger partial charge in [0.2, 0.25) is 11.0 Å². The van der Waals surface area contributed by atoms with E-state index < -0.39 is 28.4 Å². The molecule has 1 aromatic heterocycles. The number of nitrogens with zero attached hydrogens (tertiary/aromatic N) is 3. The van der Waals surface area contributed by atoms with E-state index in [0.717, 1.165) is 11.3 Å². The van der Waals surface area contributed by atoms with Crippen molar-refractivity contribution < 1.29 is 22.8 Å². The Morgan fingerprint density at radius 3 is 2.48 bits per heavy atom. The van der Waals surface area contributed by atoms with Gasteiger partial charge in [0.1, 0.15) is 11.4 Å². The summed E-state index contributed by atoms with van der Waals surface area (Å²) in [4.78, 5) is 36.7. The number of hydrogen-bond donors (Lipinski definition) is 1. The topological polar surface area (TPSA) is 126 Å². The van der Waals surface area contributed by atoms with Crippen LogP contribution in [0.3, 0.4) is 0 Å². The third-order valence-corrected chi connectivity index (χ3v) is 8.03. The number of hydrogen-bond acceptors (Lipinski definition) is 9. The Labute approximate surface area is 185 Å². The van der Waals surface area contributed by atoms with Crippen molar-refractivity contribution in [3.05, 3.63) is 65.7 Å². The van der Waals surface area contributed by atoms with Crippen molar-refractivity contribution >= 4 is 55.9 Å². The first-order valence-corrected chi connectivity index (χ1v) is 12.1. The molecular weight excluding hydrogens is 460 g/mol. The maximum Gasteiger partial charge on any atom is 0.269 e. The quantitative estimate of drug-likeness (QED) is 0.314. The van der Waals surface area contributed by atoms with Crippen molar-refractivity contribution in [1.82, 2.24) is 14.5 Å². The number of amides is 2.